The highest BCUT2D eigenvalue weighted by Crippen LogP contribution is 2.19. The van der Waals surface area contributed by atoms with Crippen molar-refractivity contribution in [2.24, 2.45) is 0 Å². The lowest BCUT2D eigenvalue weighted by molar-refractivity contribution is 0.592. The topological polar surface area (TPSA) is 46.2 Å². The van der Waals surface area contributed by atoms with Gasteiger partial charge in [0, 0.05) is 5.56 Å². The Bertz CT molecular complexity index is 454. The molecular formula is C10H14FNO2S. The van der Waals surface area contributed by atoms with Gasteiger partial charge in [0.1, 0.15) is 5.82 Å². The first-order valence-corrected chi connectivity index (χ1v) is 6.16. The summed E-state index contributed by atoms with van der Waals surface area (Å²) in [6.45, 7) is 4.67. The molecule has 0 unspecified atom stereocenters. The van der Waals surface area contributed by atoms with E-state index in [1.807, 2.05) is 0 Å². The van der Waals surface area contributed by atoms with E-state index in [0.717, 1.165) is 0 Å². The maximum absolute atomic E-state index is 13.1. The Morgan fingerprint density at radius 2 is 1.93 bits per heavy atom. The first kappa shape index (κ1) is 12.0. The van der Waals surface area contributed by atoms with Crippen molar-refractivity contribution in [2.75, 3.05) is 4.72 Å². The van der Waals surface area contributed by atoms with Gasteiger partial charge in [0.15, 0.2) is 0 Å². The molecule has 84 valence electrons. The Morgan fingerprint density at radius 1 is 1.33 bits per heavy atom. The van der Waals surface area contributed by atoms with Crippen molar-refractivity contribution >= 4 is 15.7 Å². The van der Waals surface area contributed by atoms with Crippen LogP contribution in [0.3, 0.4) is 0 Å². The Labute approximate surface area is 89.4 Å². The second kappa shape index (κ2) is 4.18. The molecule has 0 amide bonds. The summed E-state index contributed by atoms with van der Waals surface area (Å²) in [4.78, 5) is 0. The van der Waals surface area contributed by atoms with Crippen molar-refractivity contribution in [1.82, 2.24) is 0 Å². The van der Waals surface area contributed by atoms with Crippen LogP contribution < -0.4 is 4.72 Å². The highest BCUT2D eigenvalue weighted by Gasteiger charge is 2.17. The van der Waals surface area contributed by atoms with Gasteiger partial charge in [0.05, 0.1) is 10.9 Å². The standard InChI is InChI=1S/C10H14FNO2S/c1-7(2)15(13,14)12-10-6-4-5-9(11)8(10)3/h4-7,12H,1-3H3. The predicted octanol–water partition coefficient (Wildman–Crippen LogP) is 2.28. The third kappa shape index (κ3) is 2.68. The van der Waals surface area contributed by atoms with Crippen molar-refractivity contribution in [3.8, 4) is 0 Å². The molecule has 0 saturated carbocycles. The molecule has 0 aliphatic rings. The summed E-state index contributed by atoms with van der Waals surface area (Å²) in [6.07, 6.45) is 0. The van der Waals surface area contributed by atoms with E-state index in [1.54, 1.807) is 19.9 Å². The zero-order valence-corrected chi connectivity index (χ0v) is 9.73. The van der Waals surface area contributed by atoms with E-state index in [9.17, 15) is 12.8 Å². The van der Waals surface area contributed by atoms with Crippen LogP contribution in [0, 0.1) is 12.7 Å². The monoisotopic (exact) mass is 231 g/mol. The van der Waals surface area contributed by atoms with Crippen LogP contribution in [0.25, 0.3) is 0 Å². The first-order chi connectivity index (χ1) is 6.84. The maximum atomic E-state index is 13.1. The van der Waals surface area contributed by atoms with E-state index < -0.39 is 21.1 Å². The number of benzene rings is 1. The third-order valence-corrected chi connectivity index (χ3v) is 3.89. The van der Waals surface area contributed by atoms with Crippen molar-refractivity contribution in [3.63, 3.8) is 0 Å². The predicted molar refractivity (Wildman–Crippen MR) is 58.8 cm³/mol. The van der Waals surface area contributed by atoms with Gasteiger partial charge < -0.3 is 0 Å². The quantitative estimate of drug-likeness (QED) is 0.867. The van der Waals surface area contributed by atoms with Gasteiger partial charge in [-0.1, -0.05) is 6.07 Å². The van der Waals surface area contributed by atoms with Crippen molar-refractivity contribution < 1.29 is 12.8 Å². The summed E-state index contributed by atoms with van der Waals surface area (Å²) < 4.78 is 38.5. The summed E-state index contributed by atoms with van der Waals surface area (Å²) in [5, 5.41) is -0.542. The van der Waals surface area contributed by atoms with Gasteiger partial charge >= 0.3 is 0 Å². The molecule has 1 rings (SSSR count). The van der Waals surface area contributed by atoms with Crippen LogP contribution in [0.15, 0.2) is 18.2 Å². The number of rotatable bonds is 3. The Morgan fingerprint density at radius 3 is 2.47 bits per heavy atom. The number of nitrogens with one attached hydrogen (secondary N) is 1. The average Bonchev–Trinajstić information content (AvgIpc) is 2.12. The lowest BCUT2D eigenvalue weighted by Crippen LogP contribution is -2.23. The Kier molecular flexibility index (Phi) is 3.34. The molecule has 0 spiro atoms. The highest BCUT2D eigenvalue weighted by molar-refractivity contribution is 7.93. The van der Waals surface area contributed by atoms with E-state index >= 15 is 0 Å². The van der Waals surface area contributed by atoms with E-state index in [2.05, 4.69) is 4.72 Å². The molecule has 15 heavy (non-hydrogen) atoms. The van der Waals surface area contributed by atoms with Gasteiger partial charge in [-0.2, -0.15) is 0 Å². The first-order valence-electron chi connectivity index (χ1n) is 4.61. The zero-order chi connectivity index (χ0) is 11.6. The molecule has 1 N–H and O–H groups in total. The molecule has 0 saturated heterocycles. The van der Waals surface area contributed by atoms with E-state index in [0.29, 0.717) is 11.3 Å². The fourth-order valence-corrected chi connectivity index (χ4v) is 1.75. The molecule has 1 aromatic rings. The Balaban J connectivity index is 3.06. The van der Waals surface area contributed by atoms with Gasteiger partial charge in [-0.15, -0.1) is 0 Å². The molecule has 0 fully saturated rings. The number of sulfonamides is 1. The van der Waals surface area contributed by atoms with E-state index in [1.165, 1.54) is 19.1 Å². The number of hydrogen-bond donors (Lipinski definition) is 1. The van der Waals surface area contributed by atoms with Crippen LogP contribution in [0.4, 0.5) is 10.1 Å². The molecule has 0 heterocycles. The fourth-order valence-electron chi connectivity index (χ4n) is 0.989. The summed E-state index contributed by atoms with van der Waals surface area (Å²) in [6, 6.07) is 4.31. The largest absolute Gasteiger partial charge is 0.283 e. The normalized spacial score (nSPS) is 11.8. The summed E-state index contributed by atoms with van der Waals surface area (Å²) in [7, 11) is -3.41. The molecule has 0 bridgehead atoms. The Hall–Kier alpha value is -1.10. The fraction of sp³-hybridized carbons (Fsp3) is 0.400. The van der Waals surface area contributed by atoms with Gasteiger partial charge in [-0.3, -0.25) is 4.72 Å². The minimum atomic E-state index is -3.41. The summed E-state index contributed by atoms with van der Waals surface area (Å²) in [5.41, 5.74) is 0.602. The zero-order valence-electron chi connectivity index (χ0n) is 8.91. The van der Waals surface area contributed by atoms with Crippen LogP contribution in [-0.4, -0.2) is 13.7 Å². The second-order valence-electron chi connectivity index (χ2n) is 3.61. The van der Waals surface area contributed by atoms with Gasteiger partial charge in [0.2, 0.25) is 10.0 Å². The molecule has 5 heteroatoms. The van der Waals surface area contributed by atoms with Crippen LogP contribution in [0.2, 0.25) is 0 Å². The number of hydrogen-bond acceptors (Lipinski definition) is 2. The van der Waals surface area contributed by atoms with Crippen LogP contribution >= 0.6 is 0 Å². The summed E-state index contributed by atoms with van der Waals surface area (Å²) >= 11 is 0. The SMILES string of the molecule is Cc1c(F)cccc1NS(=O)(=O)C(C)C. The maximum Gasteiger partial charge on any atom is 0.235 e. The van der Waals surface area contributed by atoms with E-state index in [4.69, 9.17) is 0 Å². The van der Waals surface area contributed by atoms with Gasteiger partial charge in [-0.25, -0.2) is 12.8 Å². The molecule has 0 aliphatic carbocycles. The van der Waals surface area contributed by atoms with Gasteiger partial charge in [-0.05, 0) is 32.9 Å². The van der Waals surface area contributed by atoms with Crippen LogP contribution in [-0.2, 0) is 10.0 Å². The smallest absolute Gasteiger partial charge is 0.235 e. The molecule has 0 atom stereocenters. The molecule has 0 aromatic heterocycles. The average molecular weight is 231 g/mol. The molecular weight excluding hydrogens is 217 g/mol. The number of halogens is 1. The van der Waals surface area contributed by atoms with Crippen molar-refractivity contribution in [3.05, 3.63) is 29.6 Å². The molecule has 1 aromatic carbocycles. The van der Waals surface area contributed by atoms with E-state index in [-0.39, 0.29) is 0 Å². The van der Waals surface area contributed by atoms with Crippen LogP contribution in [0.5, 0.6) is 0 Å². The lowest BCUT2D eigenvalue weighted by atomic mass is 10.2. The molecule has 0 aliphatic heterocycles. The van der Waals surface area contributed by atoms with Crippen molar-refractivity contribution in [2.45, 2.75) is 26.0 Å². The summed E-state index contributed by atoms with van der Waals surface area (Å²) in [5.74, 6) is -0.418. The lowest BCUT2D eigenvalue weighted by Gasteiger charge is -2.12. The minimum Gasteiger partial charge on any atom is -0.283 e. The van der Waals surface area contributed by atoms with Crippen molar-refractivity contribution in [1.29, 1.82) is 0 Å². The number of anilines is 1. The minimum absolute atomic E-state index is 0.295. The third-order valence-electron chi connectivity index (χ3n) is 2.14. The molecule has 0 radical (unpaired) electrons. The molecule has 3 nitrogen and oxygen atoms in total. The van der Waals surface area contributed by atoms with Gasteiger partial charge in [0.25, 0.3) is 0 Å². The van der Waals surface area contributed by atoms with Crippen LogP contribution in [0.1, 0.15) is 19.4 Å². The highest BCUT2D eigenvalue weighted by atomic mass is 32.2. The second-order valence-corrected chi connectivity index (χ2v) is 5.85.